The Kier molecular flexibility index (Phi) is 9.46. The molecule has 0 aromatic heterocycles. The van der Waals surface area contributed by atoms with E-state index in [1.54, 1.807) is 43.3 Å². The molecule has 0 aliphatic heterocycles. The van der Waals surface area contributed by atoms with Gasteiger partial charge in [-0.2, -0.15) is 4.31 Å². The average molecular weight is 494 g/mol. The zero-order valence-electron chi connectivity index (χ0n) is 19.7. The Hall–Kier alpha value is -2.42. The first-order valence-corrected chi connectivity index (χ1v) is 12.6. The number of rotatable bonds is 10. The van der Waals surface area contributed by atoms with Crippen LogP contribution in [0.25, 0.3) is 0 Å². The van der Waals surface area contributed by atoms with Gasteiger partial charge in [0.25, 0.3) is 0 Å². The number of benzene rings is 2. The first kappa shape index (κ1) is 26.8. The van der Waals surface area contributed by atoms with Crippen LogP contribution in [0.4, 0.5) is 0 Å². The lowest BCUT2D eigenvalue weighted by molar-refractivity contribution is -0.140. The van der Waals surface area contributed by atoms with Crippen LogP contribution < -0.4 is 5.32 Å². The number of hydrogen-bond donors (Lipinski definition) is 1. The summed E-state index contributed by atoms with van der Waals surface area (Å²) in [6.45, 7) is 7.09. The summed E-state index contributed by atoms with van der Waals surface area (Å²) < 4.78 is 26.9. The van der Waals surface area contributed by atoms with Crippen molar-refractivity contribution in [1.82, 2.24) is 14.5 Å². The number of hydrogen-bond acceptors (Lipinski definition) is 4. The predicted molar refractivity (Wildman–Crippen MR) is 130 cm³/mol. The summed E-state index contributed by atoms with van der Waals surface area (Å²) in [6.07, 6.45) is 0.751. The van der Waals surface area contributed by atoms with Gasteiger partial charge in [-0.1, -0.05) is 48.4 Å². The number of sulfonamides is 1. The lowest BCUT2D eigenvalue weighted by Gasteiger charge is -2.31. The van der Waals surface area contributed by atoms with Crippen molar-refractivity contribution < 1.29 is 18.0 Å². The lowest BCUT2D eigenvalue weighted by atomic mass is 10.1. The van der Waals surface area contributed by atoms with Crippen molar-refractivity contribution in [3.8, 4) is 0 Å². The van der Waals surface area contributed by atoms with E-state index in [2.05, 4.69) is 5.32 Å². The van der Waals surface area contributed by atoms with E-state index in [4.69, 9.17) is 11.6 Å². The SMILES string of the molecule is CCC(C)NC(=O)C(C)N(Cc1ccc(Cl)cc1)C(=O)CN(C)S(=O)(=O)c1ccc(C)cc1. The third-order valence-electron chi connectivity index (χ3n) is 5.52. The zero-order chi connectivity index (χ0) is 24.8. The average Bonchev–Trinajstić information content (AvgIpc) is 2.78. The Morgan fingerprint density at radius 2 is 1.61 bits per heavy atom. The fraction of sp³-hybridized carbons (Fsp3) is 0.417. The summed E-state index contributed by atoms with van der Waals surface area (Å²) in [7, 11) is -2.51. The molecule has 0 aliphatic carbocycles. The Balaban J connectivity index is 2.26. The van der Waals surface area contributed by atoms with Gasteiger partial charge in [-0.05, 0) is 57.0 Å². The molecule has 2 rings (SSSR count). The summed E-state index contributed by atoms with van der Waals surface area (Å²) in [4.78, 5) is 27.6. The van der Waals surface area contributed by atoms with Crippen LogP contribution in [0.5, 0.6) is 0 Å². The molecule has 0 bridgehead atoms. The van der Waals surface area contributed by atoms with Crippen molar-refractivity contribution in [2.75, 3.05) is 13.6 Å². The van der Waals surface area contributed by atoms with Crippen LogP contribution in [-0.2, 0) is 26.2 Å². The third kappa shape index (κ3) is 7.28. The molecule has 0 fully saturated rings. The Morgan fingerprint density at radius 1 is 1.03 bits per heavy atom. The molecule has 0 radical (unpaired) electrons. The number of carbonyl (C=O) groups excluding carboxylic acids is 2. The minimum Gasteiger partial charge on any atom is -0.352 e. The van der Waals surface area contributed by atoms with E-state index in [-0.39, 0.29) is 23.4 Å². The van der Waals surface area contributed by atoms with Gasteiger partial charge in [0.05, 0.1) is 11.4 Å². The number of nitrogens with one attached hydrogen (secondary N) is 1. The quantitative estimate of drug-likeness (QED) is 0.547. The van der Waals surface area contributed by atoms with Crippen LogP contribution in [0.1, 0.15) is 38.3 Å². The van der Waals surface area contributed by atoms with Crippen molar-refractivity contribution in [3.63, 3.8) is 0 Å². The van der Waals surface area contributed by atoms with Gasteiger partial charge in [0.2, 0.25) is 21.8 Å². The van der Waals surface area contributed by atoms with E-state index in [1.165, 1.54) is 24.1 Å². The predicted octanol–water partition coefficient (Wildman–Crippen LogP) is 3.60. The van der Waals surface area contributed by atoms with Crippen molar-refractivity contribution in [1.29, 1.82) is 0 Å². The second-order valence-corrected chi connectivity index (χ2v) is 10.7. The smallest absolute Gasteiger partial charge is 0.243 e. The largest absolute Gasteiger partial charge is 0.352 e. The molecule has 180 valence electrons. The molecule has 0 saturated carbocycles. The number of halogens is 1. The minimum atomic E-state index is -3.86. The normalized spacial score (nSPS) is 13.4. The number of likely N-dealkylation sites (N-methyl/N-ethyl adjacent to an activating group) is 1. The van der Waals surface area contributed by atoms with Crippen molar-refractivity contribution in [3.05, 3.63) is 64.7 Å². The van der Waals surface area contributed by atoms with Gasteiger partial charge >= 0.3 is 0 Å². The molecule has 0 aliphatic rings. The van der Waals surface area contributed by atoms with Crippen LogP contribution in [0.3, 0.4) is 0 Å². The van der Waals surface area contributed by atoms with Crippen molar-refractivity contribution in [2.24, 2.45) is 0 Å². The number of aryl methyl sites for hydroxylation is 1. The van der Waals surface area contributed by atoms with Gasteiger partial charge in [0.15, 0.2) is 0 Å². The van der Waals surface area contributed by atoms with Crippen LogP contribution in [0.2, 0.25) is 5.02 Å². The second-order valence-electron chi connectivity index (χ2n) is 8.22. The number of nitrogens with zero attached hydrogens (tertiary/aromatic N) is 2. The van der Waals surface area contributed by atoms with E-state index >= 15 is 0 Å². The Bertz CT molecular complexity index is 1060. The molecule has 0 heterocycles. The van der Waals surface area contributed by atoms with E-state index < -0.39 is 28.5 Å². The van der Waals surface area contributed by atoms with Gasteiger partial charge in [0.1, 0.15) is 6.04 Å². The molecule has 2 aromatic rings. The van der Waals surface area contributed by atoms with Crippen molar-refractivity contribution in [2.45, 2.75) is 57.6 Å². The molecule has 0 saturated heterocycles. The maximum atomic E-state index is 13.3. The highest BCUT2D eigenvalue weighted by Crippen LogP contribution is 2.17. The van der Waals surface area contributed by atoms with E-state index in [1.807, 2.05) is 20.8 Å². The highest BCUT2D eigenvalue weighted by molar-refractivity contribution is 7.89. The van der Waals surface area contributed by atoms with Crippen LogP contribution in [0, 0.1) is 6.92 Å². The molecule has 7 nitrogen and oxygen atoms in total. The highest BCUT2D eigenvalue weighted by atomic mass is 35.5. The van der Waals surface area contributed by atoms with Crippen molar-refractivity contribution >= 4 is 33.4 Å². The summed E-state index contributed by atoms with van der Waals surface area (Å²) in [5.41, 5.74) is 1.71. The standard InChI is InChI=1S/C24H32ClN3O4S/c1-6-18(3)26-24(30)19(4)28(15-20-9-11-21(25)12-10-20)23(29)16-27(5)33(31,32)22-13-7-17(2)8-14-22/h7-14,18-19H,6,15-16H2,1-5H3,(H,26,30). The maximum Gasteiger partial charge on any atom is 0.243 e. The number of carbonyl (C=O) groups is 2. The van der Waals surface area contributed by atoms with E-state index in [0.29, 0.717) is 5.02 Å². The highest BCUT2D eigenvalue weighted by Gasteiger charge is 2.30. The molecule has 9 heteroatoms. The van der Waals surface area contributed by atoms with Gasteiger partial charge < -0.3 is 10.2 Å². The fourth-order valence-electron chi connectivity index (χ4n) is 3.09. The molecule has 2 unspecified atom stereocenters. The molecule has 2 amide bonds. The summed E-state index contributed by atoms with van der Waals surface area (Å²) in [5.74, 6) is -0.773. The van der Waals surface area contributed by atoms with E-state index in [0.717, 1.165) is 21.9 Å². The summed E-state index contributed by atoms with van der Waals surface area (Å²) in [6, 6.07) is 12.6. The van der Waals surface area contributed by atoms with Gasteiger partial charge in [-0.25, -0.2) is 8.42 Å². The molecule has 33 heavy (non-hydrogen) atoms. The Morgan fingerprint density at radius 3 is 2.15 bits per heavy atom. The summed E-state index contributed by atoms with van der Waals surface area (Å²) >= 11 is 5.97. The van der Waals surface area contributed by atoms with Crippen LogP contribution >= 0.6 is 11.6 Å². The molecule has 2 atom stereocenters. The Labute approximate surface area is 201 Å². The first-order chi connectivity index (χ1) is 15.4. The number of amides is 2. The summed E-state index contributed by atoms with van der Waals surface area (Å²) in [5, 5.41) is 3.45. The lowest BCUT2D eigenvalue weighted by Crippen LogP contribution is -2.51. The molecule has 2 aromatic carbocycles. The van der Waals surface area contributed by atoms with Gasteiger partial charge in [-0.3, -0.25) is 9.59 Å². The molecular weight excluding hydrogens is 462 g/mol. The molecule has 0 spiro atoms. The fourth-order valence-corrected chi connectivity index (χ4v) is 4.34. The maximum absolute atomic E-state index is 13.3. The van der Waals surface area contributed by atoms with Crippen LogP contribution in [-0.4, -0.2) is 55.1 Å². The monoisotopic (exact) mass is 493 g/mol. The minimum absolute atomic E-state index is 0.0444. The molecule has 1 N–H and O–H groups in total. The topological polar surface area (TPSA) is 86.8 Å². The van der Waals surface area contributed by atoms with E-state index in [9.17, 15) is 18.0 Å². The van der Waals surface area contributed by atoms with Crippen LogP contribution in [0.15, 0.2) is 53.4 Å². The van der Waals surface area contributed by atoms with Gasteiger partial charge in [0, 0.05) is 24.7 Å². The van der Waals surface area contributed by atoms with Gasteiger partial charge in [-0.15, -0.1) is 0 Å². The third-order valence-corrected chi connectivity index (χ3v) is 7.59. The second kappa shape index (κ2) is 11.6. The first-order valence-electron chi connectivity index (χ1n) is 10.8. The zero-order valence-corrected chi connectivity index (χ0v) is 21.3. The molecular formula is C24H32ClN3O4S.